The average molecular weight is 368 g/mol. The first-order valence-corrected chi connectivity index (χ1v) is 7.09. The largest absolute Gasteiger partial charge is 0.507 e. The molecule has 0 atom stereocenters. The Kier molecular flexibility index (Phi) is 5.24. The highest BCUT2D eigenvalue weighted by atomic mass is 79.9. The number of nitrogens with zero attached hydrogens (tertiary/aromatic N) is 1. The number of benzene rings is 2. The Labute approximate surface area is 134 Å². The monoisotopic (exact) mass is 367 g/mol. The van der Waals surface area contributed by atoms with E-state index in [1.54, 1.807) is 36.4 Å². The zero-order chi connectivity index (χ0) is 15.2. The topological polar surface area (TPSA) is 56.7 Å². The third-order valence-corrected chi connectivity index (χ3v) is 3.17. The van der Waals surface area contributed by atoms with Gasteiger partial charge in [-0.25, -0.2) is 4.39 Å². The molecule has 0 bridgehead atoms. The van der Waals surface area contributed by atoms with Gasteiger partial charge in [-0.1, -0.05) is 28.1 Å². The molecule has 2 rings (SSSR count). The maximum Gasteiger partial charge on any atom is 0.191 e. The van der Waals surface area contributed by atoms with Crippen molar-refractivity contribution in [1.29, 1.82) is 0 Å². The number of hydrogen-bond donors (Lipinski definition) is 3. The van der Waals surface area contributed by atoms with E-state index < -0.39 is 5.82 Å². The van der Waals surface area contributed by atoms with Gasteiger partial charge < -0.3 is 10.4 Å². The van der Waals surface area contributed by atoms with Crippen molar-refractivity contribution in [2.24, 2.45) is 5.10 Å². The molecule has 2 aromatic rings. The summed E-state index contributed by atoms with van der Waals surface area (Å²) in [7, 11) is 0. The van der Waals surface area contributed by atoms with Crippen LogP contribution in [-0.4, -0.2) is 16.4 Å². The lowest BCUT2D eigenvalue weighted by Crippen LogP contribution is -2.24. The van der Waals surface area contributed by atoms with Gasteiger partial charge >= 0.3 is 0 Å². The van der Waals surface area contributed by atoms with Gasteiger partial charge in [-0.3, -0.25) is 5.43 Å². The van der Waals surface area contributed by atoms with Crippen LogP contribution in [0.1, 0.15) is 5.56 Å². The second kappa shape index (κ2) is 7.14. The number of nitrogens with one attached hydrogen (secondary N) is 2. The van der Waals surface area contributed by atoms with Crippen LogP contribution in [0, 0.1) is 5.82 Å². The fourth-order valence-corrected chi connectivity index (χ4v) is 2.04. The Morgan fingerprint density at radius 1 is 1.29 bits per heavy atom. The molecule has 0 saturated heterocycles. The van der Waals surface area contributed by atoms with Crippen LogP contribution < -0.4 is 10.7 Å². The summed E-state index contributed by atoms with van der Waals surface area (Å²) in [5.74, 6) is -0.313. The zero-order valence-electron chi connectivity index (χ0n) is 10.7. The van der Waals surface area contributed by atoms with E-state index in [1.165, 1.54) is 12.3 Å². The van der Waals surface area contributed by atoms with Crippen LogP contribution in [0.5, 0.6) is 5.75 Å². The molecule has 0 fully saturated rings. The number of phenols is 1. The standard InChI is InChI=1S/C14H11BrFN3OS/c15-10-5-6-13(20)9(7-10)8-17-19-14(21)18-12-4-2-1-3-11(12)16/h1-8,20H,(H2,18,19,21)/b17-8+. The summed E-state index contributed by atoms with van der Waals surface area (Å²) in [6, 6.07) is 11.1. The summed E-state index contributed by atoms with van der Waals surface area (Å²) in [4.78, 5) is 0. The van der Waals surface area contributed by atoms with Crippen molar-refractivity contribution in [3.63, 3.8) is 0 Å². The molecule has 0 spiro atoms. The summed E-state index contributed by atoms with van der Waals surface area (Å²) < 4.78 is 14.2. The number of phenolic OH excluding ortho intramolecular Hbond substituents is 1. The van der Waals surface area contributed by atoms with Gasteiger partial charge in [0, 0.05) is 10.0 Å². The van der Waals surface area contributed by atoms with Crippen molar-refractivity contribution in [2.45, 2.75) is 0 Å². The molecule has 4 nitrogen and oxygen atoms in total. The number of anilines is 1. The van der Waals surface area contributed by atoms with Crippen LogP contribution in [0.15, 0.2) is 52.0 Å². The maximum absolute atomic E-state index is 13.4. The molecule has 0 heterocycles. The molecule has 0 unspecified atom stereocenters. The molecule has 0 amide bonds. The Balaban J connectivity index is 1.96. The van der Waals surface area contributed by atoms with Crippen LogP contribution in [0.4, 0.5) is 10.1 Å². The first kappa shape index (κ1) is 15.4. The number of para-hydroxylation sites is 1. The van der Waals surface area contributed by atoms with Crippen LogP contribution >= 0.6 is 28.1 Å². The molecule has 0 aromatic heterocycles. The highest BCUT2D eigenvalue weighted by molar-refractivity contribution is 9.10. The SMILES string of the molecule is Oc1ccc(Br)cc1/C=N/NC(=S)Nc1ccccc1F. The molecular formula is C14H11BrFN3OS. The number of rotatable bonds is 3. The Morgan fingerprint density at radius 3 is 2.81 bits per heavy atom. The van der Waals surface area contributed by atoms with Crippen molar-refractivity contribution in [1.82, 2.24) is 5.43 Å². The lowest BCUT2D eigenvalue weighted by molar-refractivity contribution is 0.474. The van der Waals surface area contributed by atoms with Crippen LogP contribution in [0.2, 0.25) is 0 Å². The molecule has 0 radical (unpaired) electrons. The lowest BCUT2D eigenvalue weighted by Gasteiger charge is -2.07. The second-order valence-electron chi connectivity index (χ2n) is 4.01. The Morgan fingerprint density at radius 2 is 2.05 bits per heavy atom. The third-order valence-electron chi connectivity index (χ3n) is 2.48. The van der Waals surface area contributed by atoms with Crippen molar-refractivity contribution < 1.29 is 9.50 Å². The minimum Gasteiger partial charge on any atom is -0.507 e. The van der Waals surface area contributed by atoms with Crippen LogP contribution in [-0.2, 0) is 0 Å². The third kappa shape index (κ3) is 4.51. The van der Waals surface area contributed by atoms with Gasteiger partial charge in [0.05, 0.1) is 11.9 Å². The van der Waals surface area contributed by atoms with Gasteiger partial charge in [0.25, 0.3) is 0 Å². The molecular weight excluding hydrogens is 357 g/mol. The quantitative estimate of drug-likeness (QED) is 0.440. The molecule has 0 aliphatic carbocycles. The van der Waals surface area contributed by atoms with Gasteiger partial charge in [-0.15, -0.1) is 0 Å². The minimum atomic E-state index is -0.407. The van der Waals surface area contributed by atoms with E-state index >= 15 is 0 Å². The predicted molar refractivity (Wildman–Crippen MR) is 89.2 cm³/mol. The first-order valence-electron chi connectivity index (χ1n) is 5.89. The smallest absolute Gasteiger partial charge is 0.191 e. The summed E-state index contributed by atoms with van der Waals surface area (Å²) in [6.45, 7) is 0. The number of halogens is 2. The predicted octanol–water partition coefficient (Wildman–Crippen LogP) is 3.61. The highest BCUT2D eigenvalue weighted by Crippen LogP contribution is 2.19. The van der Waals surface area contributed by atoms with E-state index in [4.69, 9.17) is 12.2 Å². The normalized spacial score (nSPS) is 10.6. The van der Waals surface area contributed by atoms with E-state index in [2.05, 4.69) is 31.8 Å². The maximum atomic E-state index is 13.4. The van der Waals surface area contributed by atoms with E-state index in [0.29, 0.717) is 5.56 Å². The Hall–Kier alpha value is -1.99. The van der Waals surface area contributed by atoms with E-state index in [9.17, 15) is 9.50 Å². The van der Waals surface area contributed by atoms with E-state index in [-0.39, 0.29) is 16.5 Å². The number of thiocarbonyl (C=S) groups is 1. The van der Waals surface area contributed by atoms with Crippen LogP contribution in [0.3, 0.4) is 0 Å². The minimum absolute atomic E-state index is 0.0942. The van der Waals surface area contributed by atoms with Crippen molar-refractivity contribution in [2.75, 3.05) is 5.32 Å². The highest BCUT2D eigenvalue weighted by Gasteiger charge is 2.02. The molecule has 108 valence electrons. The zero-order valence-corrected chi connectivity index (χ0v) is 13.1. The number of aromatic hydroxyl groups is 1. The molecule has 7 heteroatoms. The van der Waals surface area contributed by atoms with Gasteiger partial charge in [0.15, 0.2) is 5.11 Å². The van der Waals surface area contributed by atoms with E-state index in [0.717, 1.165) is 4.47 Å². The van der Waals surface area contributed by atoms with Crippen molar-refractivity contribution >= 4 is 45.2 Å². The fourth-order valence-electron chi connectivity index (χ4n) is 1.50. The van der Waals surface area contributed by atoms with Crippen LogP contribution in [0.25, 0.3) is 0 Å². The van der Waals surface area contributed by atoms with Gasteiger partial charge in [-0.2, -0.15) is 5.10 Å². The molecule has 3 N–H and O–H groups in total. The molecule has 0 aliphatic heterocycles. The first-order chi connectivity index (χ1) is 10.1. The molecule has 0 aliphatic rings. The number of hydrazone groups is 1. The Bertz CT molecular complexity index is 694. The second-order valence-corrected chi connectivity index (χ2v) is 5.33. The summed E-state index contributed by atoms with van der Waals surface area (Å²) in [5, 5.41) is 16.3. The summed E-state index contributed by atoms with van der Waals surface area (Å²) >= 11 is 8.29. The average Bonchev–Trinajstić information content (AvgIpc) is 2.45. The molecule has 0 saturated carbocycles. The van der Waals surface area contributed by atoms with E-state index in [1.807, 2.05) is 0 Å². The summed E-state index contributed by atoms with van der Waals surface area (Å²) in [6.07, 6.45) is 1.41. The summed E-state index contributed by atoms with van der Waals surface area (Å²) in [5.41, 5.74) is 3.33. The van der Waals surface area contributed by atoms with Crippen molar-refractivity contribution in [3.05, 3.63) is 58.3 Å². The lowest BCUT2D eigenvalue weighted by atomic mass is 10.2. The van der Waals surface area contributed by atoms with Gasteiger partial charge in [0.1, 0.15) is 11.6 Å². The van der Waals surface area contributed by atoms with Crippen molar-refractivity contribution in [3.8, 4) is 5.75 Å². The van der Waals surface area contributed by atoms with Gasteiger partial charge in [-0.05, 0) is 42.5 Å². The van der Waals surface area contributed by atoms with Gasteiger partial charge in [0.2, 0.25) is 0 Å². The fraction of sp³-hybridized carbons (Fsp3) is 0. The molecule has 2 aromatic carbocycles. The number of hydrogen-bond acceptors (Lipinski definition) is 3. The molecule has 21 heavy (non-hydrogen) atoms.